The second-order valence-corrected chi connectivity index (χ2v) is 6.67. The van der Waals surface area contributed by atoms with E-state index in [4.69, 9.17) is 5.73 Å². The van der Waals surface area contributed by atoms with Gasteiger partial charge in [0.15, 0.2) is 0 Å². The lowest BCUT2D eigenvalue weighted by Crippen LogP contribution is -2.47. The maximum absolute atomic E-state index is 12.2. The fraction of sp³-hybridized carbons (Fsp3) is 0.529. The summed E-state index contributed by atoms with van der Waals surface area (Å²) in [6, 6.07) is 10.1. The van der Waals surface area contributed by atoms with Gasteiger partial charge in [-0.25, -0.2) is 0 Å². The molecule has 0 radical (unpaired) electrons. The molecule has 0 saturated heterocycles. The summed E-state index contributed by atoms with van der Waals surface area (Å²) in [7, 11) is 0. The highest BCUT2D eigenvalue weighted by molar-refractivity contribution is 5.79. The van der Waals surface area contributed by atoms with Gasteiger partial charge in [-0.05, 0) is 38.2 Å². The molecule has 1 aromatic carbocycles. The minimum Gasteiger partial charge on any atom is -0.370 e. The number of rotatable bonds is 8. The molecular formula is C17H25N3O2. The number of primary amides is 1. The van der Waals surface area contributed by atoms with Crippen LogP contribution in [0.4, 0.5) is 0 Å². The van der Waals surface area contributed by atoms with Gasteiger partial charge in [-0.15, -0.1) is 0 Å². The van der Waals surface area contributed by atoms with Crippen LogP contribution < -0.4 is 16.4 Å². The van der Waals surface area contributed by atoms with Crippen molar-refractivity contribution in [3.05, 3.63) is 35.9 Å². The number of amides is 2. The lowest BCUT2D eigenvalue weighted by Gasteiger charge is -2.25. The van der Waals surface area contributed by atoms with Gasteiger partial charge in [0.05, 0.1) is 12.6 Å². The zero-order chi connectivity index (χ0) is 16.2. The number of benzene rings is 1. The summed E-state index contributed by atoms with van der Waals surface area (Å²) >= 11 is 0. The van der Waals surface area contributed by atoms with E-state index < -0.39 is 5.54 Å². The molecule has 22 heavy (non-hydrogen) atoms. The van der Waals surface area contributed by atoms with E-state index in [-0.39, 0.29) is 30.8 Å². The Kier molecular flexibility index (Phi) is 5.19. The van der Waals surface area contributed by atoms with Gasteiger partial charge < -0.3 is 16.4 Å². The van der Waals surface area contributed by atoms with Crippen LogP contribution >= 0.6 is 0 Å². The topological polar surface area (TPSA) is 84.2 Å². The molecule has 1 aliphatic rings. The normalized spacial score (nSPS) is 16.1. The molecule has 1 saturated carbocycles. The predicted octanol–water partition coefficient (Wildman–Crippen LogP) is 1.50. The van der Waals surface area contributed by atoms with Crippen LogP contribution in [0.3, 0.4) is 0 Å². The summed E-state index contributed by atoms with van der Waals surface area (Å²) in [6.07, 6.45) is 2.51. The highest BCUT2D eigenvalue weighted by atomic mass is 16.2. The Morgan fingerprint density at radius 1 is 1.27 bits per heavy atom. The second kappa shape index (κ2) is 6.92. The van der Waals surface area contributed by atoms with Gasteiger partial charge in [0.25, 0.3) is 0 Å². The van der Waals surface area contributed by atoms with Crippen LogP contribution in [0, 0.1) is 5.92 Å². The lowest BCUT2D eigenvalue weighted by atomic mass is 10.00. The Morgan fingerprint density at radius 3 is 2.45 bits per heavy atom. The van der Waals surface area contributed by atoms with E-state index in [1.165, 1.54) is 0 Å². The van der Waals surface area contributed by atoms with E-state index >= 15 is 0 Å². The number of hydrogen-bond donors (Lipinski definition) is 3. The predicted molar refractivity (Wildman–Crippen MR) is 85.9 cm³/mol. The molecule has 1 aromatic rings. The molecule has 0 aliphatic heterocycles. The van der Waals surface area contributed by atoms with E-state index in [1.54, 1.807) is 0 Å². The summed E-state index contributed by atoms with van der Waals surface area (Å²) in [4.78, 5) is 23.2. The zero-order valence-corrected chi connectivity index (χ0v) is 13.3. The van der Waals surface area contributed by atoms with Crippen molar-refractivity contribution < 1.29 is 9.59 Å². The van der Waals surface area contributed by atoms with Crippen molar-refractivity contribution in [2.45, 2.75) is 44.7 Å². The molecule has 5 heteroatoms. The minimum absolute atomic E-state index is 0.0571. The lowest BCUT2D eigenvalue weighted by molar-refractivity contribution is -0.123. The number of hydrogen-bond acceptors (Lipinski definition) is 3. The van der Waals surface area contributed by atoms with Gasteiger partial charge in [-0.3, -0.25) is 9.59 Å². The first-order valence-corrected chi connectivity index (χ1v) is 7.75. The highest BCUT2D eigenvalue weighted by Crippen LogP contribution is 2.40. The monoisotopic (exact) mass is 303 g/mol. The van der Waals surface area contributed by atoms with Crippen LogP contribution in [-0.2, 0) is 9.59 Å². The molecule has 1 aliphatic carbocycles. The molecule has 120 valence electrons. The van der Waals surface area contributed by atoms with Crippen LogP contribution in [0.5, 0.6) is 0 Å². The molecule has 1 atom stereocenters. The third-order valence-electron chi connectivity index (χ3n) is 3.91. The van der Waals surface area contributed by atoms with E-state index in [2.05, 4.69) is 10.6 Å². The molecule has 2 amide bonds. The van der Waals surface area contributed by atoms with Crippen LogP contribution in [-0.4, -0.2) is 23.9 Å². The minimum atomic E-state index is -0.481. The number of carbonyl (C=O) groups excluding carboxylic acids is 2. The Morgan fingerprint density at radius 2 is 1.91 bits per heavy atom. The number of nitrogens with two attached hydrogens (primary N) is 1. The van der Waals surface area contributed by atoms with Crippen LogP contribution in [0.2, 0.25) is 0 Å². The Hall–Kier alpha value is -1.88. The number of nitrogens with one attached hydrogen (secondary N) is 2. The van der Waals surface area contributed by atoms with Gasteiger partial charge in [-0.2, -0.15) is 0 Å². The van der Waals surface area contributed by atoms with Crippen LogP contribution in [0.15, 0.2) is 30.3 Å². The van der Waals surface area contributed by atoms with Gasteiger partial charge in [0.2, 0.25) is 11.8 Å². The van der Waals surface area contributed by atoms with Gasteiger partial charge >= 0.3 is 0 Å². The van der Waals surface area contributed by atoms with E-state index in [9.17, 15) is 9.59 Å². The quantitative estimate of drug-likeness (QED) is 0.680. The third-order valence-corrected chi connectivity index (χ3v) is 3.91. The summed E-state index contributed by atoms with van der Waals surface area (Å²) in [5.41, 5.74) is 5.88. The van der Waals surface area contributed by atoms with Crippen molar-refractivity contribution in [2.24, 2.45) is 11.7 Å². The first-order valence-electron chi connectivity index (χ1n) is 7.75. The number of carbonyl (C=O) groups is 2. The standard InChI is InChI=1S/C17H25N3O2/c1-17(2,10-14(18)21)19-11-15(22)20-16(13-8-9-13)12-6-4-3-5-7-12/h3-7,13,16,19H,8-11H2,1-2H3,(H2,18,21)(H,20,22). The second-order valence-electron chi connectivity index (χ2n) is 6.67. The molecule has 1 fully saturated rings. The van der Waals surface area contributed by atoms with Crippen molar-refractivity contribution >= 4 is 11.8 Å². The fourth-order valence-electron chi connectivity index (χ4n) is 2.61. The molecule has 0 aromatic heterocycles. The summed E-state index contributed by atoms with van der Waals surface area (Å²) in [6.45, 7) is 3.90. The average Bonchev–Trinajstić information content (AvgIpc) is 3.27. The summed E-state index contributed by atoms with van der Waals surface area (Å²) in [5, 5.41) is 6.20. The Bertz CT molecular complexity index is 524. The van der Waals surface area contributed by atoms with Crippen LogP contribution in [0.1, 0.15) is 44.7 Å². The third kappa shape index (κ3) is 5.15. The van der Waals surface area contributed by atoms with Gasteiger partial charge in [0, 0.05) is 12.0 Å². The van der Waals surface area contributed by atoms with Gasteiger partial charge in [0.1, 0.15) is 0 Å². The fourth-order valence-corrected chi connectivity index (χ4v) is 2.61. The molecular weight excluding hydrogens is 278 g/mol. The average molecular weight is 303 g/mol. The molecule has 0 spiro atoms. The molecule has 2 rings (SSSR count). The molecule has 0 bridgehead atoms. The van der Waals surface area contributed by atoms with Crippen molar-refractivity contribution in [2.75, 3.05) is 6.54 Å². The smallest absolute Gasteiger partial charge is 0.234 e. The Balaban J connectivity index is 1.88. The van der Waals surface area contributed by atoms with Crippen molar-refractivity contribution in [3.8, 4) is 0 Å². The molecule has 1 unspecified atom stereocenters. The molecule has 5 nitrogen and oxygen atoms in total. The highest BCUT2D eigenvalue weighted by Gasteiger charge is 2.33. The Labute approximate surface area is 131 Å². The van der Waals surface area contributed by atoms with E-state index in [0.29, 0.717) is 5.92 Å². The van der Waals surface area contributed by atoms with Crippen molar-refractivity contribution in [3.63, 3.8) is 0 Å². The van der Waals surface area contributed by atoms with Crippen molar-refractivity contribution in [1.82, 2.24) is 10.6 Å². The first kappa shape index (κ1) is 16.5. The first-order chi connectivity index (χ1) is 10.4. The summed E-state index contributed by atoms with van der Waals surface area (Å²) in [5.74, 6) is 0.0985. The zero-order valence-electron chi connectivity index (χ0n) is 13.3. The van der Waals surface area contributed by atoms with Crippen LogP contribution in [0.25, 0.3) is 0 Å². The maximum Gasteiger partial charge on any atom is 0.234 e. The van der Waals surface area contributed by atoms with Crippen molar-refractivity contribution in [1.29, 1.82) is 0 Å². The van der Waals surface area contributed by atoms with E-state index in [0.717, 1.165) is 18.4 Å². The SMILES string of the molecule is CC(C)(CC(N)=O)NCC(=O)NC(c1ccccc1)C1CC1. The maximum atomic E-state index is 12.2. The van der Waals surface area contributed by atoms with Gasteiger partial charge in [-0.1, -0.05) is 30.3 Å². The largest absolute Gasteiger partial charge is 0.370 e. The summed E-state index contributed by atoms with van der Waals surface area (Å²) < 4.78 is 0. The molecule has 0 heterocycles. The van der Waals surface area contributed by atoms with E-state index in [1.807, 2.05) is 44.2 Å². The molecule has 4 N–H and O–H groups in total.